The lowest BCUT2D eigenvalue weighted by Crippen LogP contribution is -2.19. The normalized spacial score (nSPS) is 10.8. The van der Waals surface area contributed by atoms with Crippen molar-refractivity contribution >= 4 is 34.3 Å². The van der Waals surface area contributed by atoms with Crippen LogP contribution in [0.1, 0.15) is 5.56 Å². The van der Waals surface area contributed by atoms with Crippen LogP contribution in [-0.2, 0) is 6.42 Å². The van der Waals surface area contributed by atoms with E-state index in [9.17, 15) is 4.79 Å². The van der Waals surface area contributed by atoms with Gasteiger partial charge in [0, 0.05) is 29.0 Å². The highest BCUT2D eigenvalue weighted by molar-refractivity contribution is 6.06. The minimum Gasteiger partial charge on any atom is -0.497 e. The molecule has 0 spiro atoms. The fourth-order valence-corrected chi connectivity index (χ4v) is 4.94. The molecule has 6 aromatic rings. The molecule has 0 unspecified atom stereocenters. The predicted octanol–water partition coefficient (Wildman–Crippen LogP) is 7.87. The van der Waals surface area contributed by atoms with Crippen LogP contribution in [0.25, 0.3) is 33.6 Å². The molecule has 2 aromatic heterocycles. The minimum atomic E-state index is -0.291. The highest BCUT2D eigenvalue weighted by atomic mass is 16.5. The van der Waals surface area contributed by atoms with Gasteiger partial charge in [0.1, 0.15) is 29.4 Å². The third-order valence-corrected chi connectivity index (χ3v) is 7.17. The van der Waals surface area contributed by atoms with Crippen LogP contribution in [0.2, 0.25) is 0 Å². The molecular weight excluding hydrogens is 554 g/mol. The standard InChI is InChI=1S/C35H31N5O4/c1-42-28-16-10-24(11-17-28)30-31-33(37-22-38-34(31)44-32(30)25-12-18-29(43-2)19-13-25)36-21-20-23-8-14-27(15-9-23)40-35(41)39-26-6-4-3-5-7-26/h3-19,22H,20-21H2,1-2H3,(H,36,37,38)(H2,39,40,41). The number of fused-ring (bicyclic) bond motifs is 1. The maximum atomic E-state index is 12.3. The second-order valence-corrected chi connectivity index (χ2v) is 9.98. The number of hydrogen-bond acceptors (Lipinski definition) is 7. The summed E-state index contributed by atoms with van der Waals surface area (Å²) < 4.78 is 17.1. The summed E-state index contributed by atoms with van der Waals surface area (Å²) in [5.74, 6) is 2.90. The first kappa shape index (κ1) is 28.3. The number of hydrogen-bond donors (Lipinski definition) is 3. The number of amides is 2. The molecule has 9 nitrogen and oxygen atoms in total. The zero-order valence-electron chi connectivity index (χ0n) is 24.3. The molecular formula is C35H31N5O4. The first-order valence-corrected chi connectivity index (χ1v) is 14.1. The monoisotopic (exact) mass is 585 g/mol. The Morgan fingerprint density at radius 1 is 0.727 bits per heavy atom. The van der Waals surface area contributed by atoms with Crippen LogP contribution in [0.4, 0.5) is 22.0 Å². The number of nitrogens with one attached hydrogen (secondary N) is 3. The van der Waals surface area contributed by atoms with E-state index in [-0.39, 0.29) is 6.03 Å². The number of anilines is 3. The van der Waals surface area contributed by atoms with Gasteiger partial charge in [0.05, 0.1) is 19.6 Å². The Balaban J connectivity index is 1.21. The van der Waals surface area contributed by atoms with Gasteiger partial charge < -0.3 is 29.8 Å². The molecule has 6 rings (SSSR count). The molecule has 2 amide bonds. The van der Waals surface area contributed by atoms with Crippen LogP contribution in [-0.4, -0.2) is 36.8 Å². The number of ether oxygens (including phenoxy) is 2. The van der Waals surface area contributed by atoms with E-state index in [0.29, 0.717) is 29.5 Å². The molecule has 9 heteroatoms. The Morgan fingerprint density at radius 3 is 1.98 bits per heavy atom. The van der Waals surface area contributed by atoms with Gasteiger partial charge in [-0.05, 0) is 78.2 Å². The molecule has 44 heavy (non-hydrogen) atoms. The van der Waals surface area contributed by atoms with Gasteiger partial charge in [0.2, 0.25) is 5.71 Å². The Morgan fingerprint density at radius 2 is 1.34 bits per heavy atom. The number of urea groups is 1. The molecule has 4 aromatic carbocycles. The summed E-state index contributed by atoms with van der Waals surface area (Å²) in [7, 11) is 3.29. The molecule has 0 aliphatic heterocycles. The number of furan rings is 1. The van der Waals surface area contributed by atoms with Gasteiger partial charge in [-0.25, -0.2) is 14.8 Å². The first-order valence-electron chi connectivity index (χ1n) is 14.1. The summed E-state index contributed by atoms with van der Waals surface area (Å²) in [6.07, 6.45) is 2.24. The van der Waals surface area contributed by atoms with Gasteiger partial charge in [-0.2, -0.15) is 0 Å². The number of carbonyl (C=O) groups is 1. The van der Waals surface area contributed by atoms with Crippen LogP contribution in [0, 0.1) is 0 Å². The highest BCUT2D eigenvalue weighted by Gasteiger charge is 2.22. The zero-order valence-corrected chi connectivity index (χ0v) is 24.3. The predicted molar refractivity (Wildman–Crippen MR) is 173 cm³/mol. The third kappa shape index (κ3) is 6.32. The smallest absolute Gasteiger partial charge is 0.323 e. The van der Waals surface area contributed by atoms with Gasteiger partial charge in [-0.3, -0.25) is 0 Å². The molecule has 3 N–H and O–H groups in total. The number of carbonyl (C=O) groups excluding carboxylic acids is 1. The fourth-order valence-electron chi connectivity index (χ4n) is 4.94. The Bertz CT molecular complexity index is 1850. The number of para-hydroxylation sites is 1. The molecule has 0 aliphatic carbocycles. The lowest BCUT2D eigenvalue weighted by atomic mass is 9.99. The zero-order chi connectivity index (χ0) is 30.3. The molecule has 2 heterocycles. The second kappa shape index (κ2) is 13.0. The summed E-state index contributed by atoms with van der Waals surface area (Å²) in [6.45, 7) is 0.623. The molecule has 0 atom stereocenters. The summed E-state index contributed by atoms with van der Waals surface area (Å²) in [6, 6.07) is 32.4. The van der Waals surface area contributed by atoms with E-state index in [1.807, 2.05) is 103 Å². The summed E-state index contributed by atoms with van der Waals surface area (Å²) in [5.41, 5.74) is 5.78. The lowest BCUT2D eigenvalue weighted by Gasteiger charge is -2.10. The average molecular weight is 586 g/mol. The number of benzene rings is 4. The van der Waals surface area contributed by atoms with Crippen LogP contribution in [0.5, 0.6) is 11.5 Å². The molecule has 0 aliphatic rings. The van der Waals surface area contributed by atoms with Crippen LogP contribution >= 0.6 is 0 Å². The van der Waals surface area contributed by atoms with E-state index in [1.165, 1.54) is 6.33 Å². The highest BCUT2D eigenvalue weighted by Crippen LogP contribution is 2.43. The van der Waals surface area contributed by atoms with E-state index in [4.69, 9.17) is 13.9 Å². The minimum absolute atomic E-state index is 0.291. The van der Waals surface area contributed by atoms with Gasteiger partial charge in [0.15, 0.2) is 0 Å². The average Bonchev–Trinajstić information content (AvgIpc) is 3.46. The molecule has 0 bridgehead atoms. The maximum Gasteiger partial charge on any atom is 0.323 e. The number of nitrogens with zero attached hydrogens (tertiary/aromatic N) is 2. The van der Waals surface area contributed by atoms with Crippen molar-refractivity contribution < 1.29 is 18.7 Å². The fraction of sp³-hybridized carbons (Fsp3) is 0.114. The van der Waals surface area contributed by atoms with Gasteiger partial charge in [-0.1, -0.05) is 42.5 Å². The van der Waals surface area contributed by atoms with Crippen molar-refractivity contribution in [2.45, 2.75) is 6.42 Å². The molecule has 0 saturated carbocycles. The van der Waals surface area contributed by atoms with Crippen molar-refractivity contribution in [3.05, 3.63) is 115 Å². The molecule has 220 valence electrons. The van der Waals surface area contributed by atoms with E-state index in [1.54, 1.807) is 14.2 Å². The molecule has 0 saturated heterocycles. The Kier molecular flexibility index (Phi) is 8.36. The van der Waals surface area contributed by atoms with E-state index >= 15 is 0 Å². The quantitative estimate of drug-likeness (QED) is 0.150. The van der Waals surface area contributed by atoms with Gasteiger partial charge in [0.25, 0.3) is 0 Å². The number of rotatable bonds is 10. The van der Waals surface area contributed by atoms with Crippen molar-refractivity contribution in [1.82, 2.24) is 9.97 Å². The van der Waals surface area contributed by atoms with Crippen molar-refractivity contribution in [2.75, 3.05) is 36.7 Å². The number of methoxy groups -OCH3 is 2. The van der Waals surface area contributed by atoms with Crippen LogP contribution < -0.4 is 25.4 Å². The third-order valence-electron chi connectivity index (χ3n) is 7.17. The van der Waals surface area contributed by atoms with Crippen molar-refractivity contribution in [3.8, 4) is 33.9 Å². The largest absolute Gasteiger partial charge is 0.497 e. The molecule has 0 radical (unpaired) electrons. The van der Waals surface area contributed by atoms with Crippen molar-refractivity contribution in [3.63, 3.8) is 0 Å². The Hall–Kier alpha value is -5.83. The topological polar surface area (TPSA) is 111 Å². The lowest BCUT2D eigenvalue weighted by molar-refractivity contribution is 0.262. The summed E-state index contributed by atoms with van der Waals surface area (Å²) in [5, 5.41) is 9.97. The first-order chi connectivity index (χ1) is 21.6. The van der Waals surface area contributed by atoms with Crippen LogP contribution in [0.3, 0.4) is 0 Å². The van der Waals surface area contributed by atoms with Crippen molar-refractivity contribution in [1.29, 1.82) is 0 Å². The second-order valence-electron chi connectivity index (χ2n) is 9.98. The van der Waals surface area contributed by atoms with Gasteiger partial charge in [-0.15, -0.1) is 0 Å². The maximum absolute atomic E-state index is 12.3. The Labute approximate surface area is 254 Å². The van der Waals surface area contributed by atoms with Gasteiger partial charge >= 0.3 is 6.03 Å². The number of aromatic nitrogens is 2. The SMILES string of the molecule is COc1ccc(-c2oc3ncnc(NCCc4ccc(NC(=O)Nc5ccccc5)cc4)c3c2-c2ccc(OC)cc2)cc1. The molecule has 0 fully saturated rings. The van der Waals surface area contributed by atoms with Crippen molar-refractivity contribution in [2.24, 2.45) is 0 Å². The van der Waals surface area contributed by atoms with E-state index in [2.05, 4.69) is 25.9 Å². The van der Waals surface area contributed by atoms with E-state index in [0.717, 1.165) is 51.2 Å². The van der Waals surface area contributed by atoms with Crippen LogP contribution in [0.15, 0.2) is 114 Å². The summed E-state index contributed by atoms with van der Waals surface area (Å²) >= 11 is 0. The summed E-state index contributed by atoms with van der Waals surface area (Å²) in [4.78, 5) is 21.4. The van der Waals surface area contributed by atoms with E-state index < -0.39 is 0 Å².